The molecule has 0 bridgehead atoms. The maximum atomic E-state index is 9.51. The van der Waals surface area contributed by atoms with Crippen LogP contribution in [0, 0.1) is 11.3 Å². The number of nitrogens with two attached hydrogens (primary N) is 1. The van der Waals surface area contributed by atoms with Crippen molar-refractivity contribution in [2.45, 2.75) is 13.3 Å². The Morgan fingerprint density at radius 3 is 2.25 bits per heavy atom. The van der Waals surface area contributed by atoms with E-state index in [9.17, 15) is 5.11 Å². The van der Waals surface area contributed by atoms with Crippen LogP contribution in [0.2, 0.25) is 0 Å². The van der Waals surface area contributed by atoms with Crippen LogP contribution in [0.3, 0.4) is 0 Å². The van der Waals surface area contributed by atoms with E-state index >= 15 is 0 Å². The molecule has 118 valence electrons. The van der Waals surface area contributed by atoms with E-state index < -0.39 is 0 Å². The first-order chi connectivity index (χ1) is 11.6. The number of hydrogen-bond donors (Lipinski definition) is 2. The molecule has 24 heavy (non-hydrogen) atoms. The van der Waals surface area contributed by atoms with Crippen molar-refractivity contribution in [3.8, 4) is 34.1 Å². The Hall–Kier alpha value is -3.32. The van der Waals surface area contributed by atoms with Crippen LogP contribution in [-0.2, 0) is 6.42 Å². The van der Waals surface area contributed by atoms with Gasteiger partial charge >= 0.3 is 0 Å². The van der Waals surface area contributed by atoms with Gasteiger partial charge in [0.15, 0.2) is 0 Å². The second-order valence-electron chi connectivity index (χ2n) is 5.50. The second kappa shape index (κ2) is 6.43. The first-order valence-electron chi connectivity index (χ1n) is 7.71. The molecule has 0 aliphatic carbocycles. The fourth-order valence-electron chi connectivity index (χ4n) is 2.86. The highest BCUT2D eigenvalue weighted by Crippen LogP contribution is 2.36. The lowest BCUT2D eigenvalue weighted by atomic mass is 9.91. The lowest BCUT2D eigenvalue weighted by molar-refractivity contribution is 0.475. The van der Waals surface area contributed by atoms with E-state index in [1.165, 1.54) is 0 Å². The molecule has 0 atom stereocenters. The summed E-state index contributed by atoms with van der Waals surface area (Å²) in [5.41, 5.74) is 11.7. The van der Waals surface area contributed by atoms with Crippen molar-refractivity contribution in [3.05, 3.63) is 65.9 Å². The van der Waals surface area contributed by atoms with E-state index in [4.69, 9.17) is 11.0 Å². The number of aromatic nitrogens is 1. The van der Waals surface area contributed by atoms with Gasteiger partial charge in [-0.3, -0.25) is 0 Å². The van der Waals surface area contributed by atoms with Gasteiger partial charge in [0.2, 0.25) is 0 Å². The van der Waals surface area contributed by atoms with Crippen LogP contribution in [0.1, 0.15) is 18.1 Å². The van der Waals surface area contributed by atoms with E-state index in [2.05, 4.69) is 18.0 Å². The van der Waals surface area contributed by atoms with E-state index in [0.29, 0.717) is 11.4 Å². The zero-order chi connectivity index (χ0) is 17.1. The topological polar surface area (TPSA) is 82.9 Å². The Morgan fingerprint density at radius 1 is 1.04 bits per heavy atom. The van der Waals surface area contributed by atoms with Crippen LogP contribution < -0.4 is 5.73 Å². The third-order valence-corrected chi connectivity index (χ3v) is 4.05. The Kier molecular flexibility index (Phi) is 4.17. The molecule has 0 fully saturated rings. The van der Waals surface area contributed by atoms with Gasteiger partial charge in [-0.2, -0.15) is 5.26 Å². The molecular weight excluding hydrogens is 298 g/mol. The number of phenolic OH excluding ortho intramolecular Hbond substituents is 1. The van der Waals surface area contributed by atoms with Crippen molar-refractivity contribution in [3.63, 3.8) is 0 Å². The second-order valence-corrected chi connectivity index (χ2v) is 5.50. The summed E-state index contributed by atoms with van der Waals surface area (Å²) in [4.78, 5) is 4.36. The monoisotopic (exact) mass is 315 g/mol. The lowest BCUT2D eigenvalue weighted by Gasteiger charge is -2.16. The van der Waals surface area contributed by atoms with Crippen molar-refractivity contribution in [2.24, 2.45) is 0 Å². The van der Waals surface area contributed by atoms with Gasteiger partial charge in [0.25, 0.3) is 0 Å². The number of nitriles is 1. The molecule has 0 radical (unpaired) electrons. The van der Waals surface area contributed by atoms with Crippen molar-refractivity contribution in [1.29, 1.82) is 5.26 Å². The molecule has 3 rings (SSSR count). The predicted molar refractivity (Wildman–Crippen MR) is 95.3 cm³/mol. The smallest absolute Gasteiger partial charge is 0.131 e. The zero-order valence-corrected chi connectivity index (χ0v) is 13.3. The molecule has 0 spiro atoms. The molecule has 0 aliphatic rings. The molecule has 2 aromatic carbocycles. The number of hydrogen-bond acceptors (Lipinski definition) is 4. The van der Waals surface area contributed by atoms with Gasteiger partial charge in [-0.05, 0) is 47.4 Å². The van der Waals surface area contributed by atoms with Gasteiger partial charge in [-0.1, -0.05) is 31.2 Å². The number of pyridine rings is 1. The number of nitrogen functional groups attached to an aromatic ring is 1. The van der Waals surface area contributed by atoms with Gasteiger partial charge in [0.05, 0.1) is 11.6 Å². The fourth-order valence-corrected chi connectivity index (χ4v) is 2.86. The SMILES string of the molecule is CCc1c(-c2ccc(C#N)cc2)cnc(N)c1-c1ccc(O)cc1. The van der Waals surface area contributed by atoms with Crippen LogP contribution in [0.25, 0.3) is 22.3 Å². The van der Waals surface area contributed by atoms with Gasteiger partial charge in [-0.15, -0.1) is 0 Å². The van der Waals surface area contributed by atoms with Crippen molar-refractivity contribution in [1.82, 2.24) is 4.98 Å². The molecule has 3 N–H and O–H groups in total. The zero-order valence-electron chi connectivity index (χ0n) is 13.3. The Morgan fingerprint density at radius 2 is 1.67 bits per heavy atom. The summed E-state index contributed by atoms with van der Waals surface area (Å²) in [5.74, 6) is 0.682. The van der Waals surface area contributed by atoms with Gasteiger partial charge in [-0.25, -0.2) is 4.98 Å². The number of rotatable bonds is 3. The van der Waals surface area contributed by atoms with Crippen molar-refractivity contribution in [2.75, 3.05) is 5.73 Å². The summed E-state index contributed by atoms with van der Waals surface area (Å²) in [5, 5.41) is 18.5. The summed E-state index contributed by atoms with van der Waals surface area (Å²) in [6.07, 6.45) is 2.57. The highest BCUT2D eigenvalue weighted by atomic mass is 16.3. The molecule has 1 aromatic heterocycles. The number of nitrogens with zero attached hydrogens (tertiary/aromatic N) is 2. The van der Waals surface area contributed by atoms with Crippen LogP contribution >= 0.6 is 0 Å². The first kappa shape index (κ1) is 15.6. The summed E-state index contributed by atoms with van der Waals surface area (Å²) >= 11 is 0. The summed E-state index contributed by atoms with van der Waals surface area (Å²) in [6.45, 7) is 2.08. The summed E-state index contributed by atoms with van der Waals surface area (Å²) in [6, 6.07) is 16.5. The van der Waals surface area contributed by atoms with E-state index in [-0.39, 0.29) is 5.75 Å². The molecule has 3 aromatic rings. The Labute approximate surface area is 140 Å². The maximum Gasteiger partial charge on any atom is 0.131 e. The summed E-state index contributed by atoms with van der Waals surface area (Å²) in [7, 11) is 0. The number of anilines is 1. The first-order valence-corrected chi connectivity index (χ1v) is 7.71. The molecule has 1 heterocycles. The van der Waals surface area contributed by atoms with Crippen LogP contribution in [0.4, 0.5) is 5.82 Å². The predicted octanol–water partition coefficient (Wildman–Crippen LogP) is 4.14. The minimum atomic E-state index is 0.214. The van der Waals surface area contributed by atoms with Gasteiger partial charge in [0, 0.05) is 17.3 Å². The standard InChI is InChI=1S/C20H17N3O/c1-2-17-18(14-5-3-13(11-21)4-6-14)12-23-20(22)19(17)15-7-9-16(24)10-8-15/h3-10,12,24H,2H2,1H3,(H2,22,23). The third-order valence-electron chi connectivity index (χ3n) is 4.05. The highest BCUT2D eigenvalue weighted by Gasteiger charge is 2.15. The molecule has 0 aliphatic heterocycles. The van der Waals surface area contributed by atoms with Crippen LogP contribution in [0.15, 0.2) is 54.7 Å². The van der Waals surface area contributed by atoms with E-state index in [0.717, 1.165) is 34.2 Å². The average Bonchev–Trinajstić information content (AvgIpc) is 2.62. The third kappa shape index (κ3) is 2.80. The van der Waals surface area contributed by atoms with E-state index in [1.54, 1.807) is 30.5 Å². The fraction of sp³-hybridized carbons (Fsp3) is 0.100. The highest BCUT2D eigenvalue weighted by molar-refractivity contribution is 5.84. The molecule has 0 saturated heterocycles. The van der Waals surface area contributed by atoms with Gasteiger partial charge < -0.3 is 10.8 Å². The van der Waals surface area contributed by atoms with Crippen LogP contribution in [0.5, 0.6) is 5.75 Å². The van der Waals surface area contributed by atoms with Crippen molar-refractivity contribution < 1.29 is 5.11 Å². The minimum Gasteiger partial charge on any atom is -0.508 e. The molecule has 4 heteroatoms. The number of benzene rings is 2. The molecule has 0 saturated carbocycles. The minimum absolute atomic E-state index is 0.214. The van der Waals surface area contributed by atoms with E-state index in [1.807, 2.05) is 24.3 Å². The summed E-state index contributed by atoms with van der Waals surface area (Å²) < 4.78 is 0. The molecule has 0 unspecified atom stereocenters. The molecule has 4 nitrogen and oxygen atoms in total. The number of aromatic hydroxyl groups is 1. The Balaban J connectivity index is 2.19. The van der Waals surface area contributed by atoms with Crippen LogP contribution in [-0.4, -0.2) is 10.1 Å². The molecular formula is C20H17N3O. The van der Waals surface area contributed by atoms with Gasteiger partial charge in [0.1, 0.15) is 11.6 Å². The lowest BCUT2D eigenvalue weighted by Crippen LogP contribution is -2.01. The average molecular weight is 315 g/mol. The molecule has 0 amide bonds. The normalized spacial score (nSPS) is 10.3. The maximum absolute atomic E-state index is 9.51. The number of phenols is 1. The van der Waals surface area contributed by atoms with Crippen molar-refractivity contribution >= 4 is 5.82 Å². The largest absolute Gasteiger partial charge is 0.508 e. The quantitative estimate of drug-likeness (QED) is 0.761. The Bertz CT molecular complexity index is 907.